The summed E-state index contributed by atoms with van der Waals surface area (Å²) in [5, 5.41) is 2.84. The summed E-state index contributed by atoms with van der Waals surface area (Å²) in [5.41, 5.74) is 0.528. The van der Waals surface area contributed by atoms with E-state index >= 15 is 0 Å². The van der Waals surface area contributed by atoms with Crippen LogP contribution in [0.1, 0.15) is 26.7 Å². The molecule has 3 aliphatic heterocycles. The van der Waals surface area contributed by atoms with Crippen molar-refractivity contribution in [3.63, 3.8) is 0 Å². The van der Waals surface area contributed by atoms with E-state index in [0.29, 0.717) is 31.0 Å². The van der Waals surface area contributed by atoms with Gasteiger partial charge in [0.1, 0.15) is 6.04 Å². The minimum Gasteiger partial charge on any atom is -0.324 e. The van der Waals surface area contributed by atoms with Crippen molar-refractivity contribution in [3.8, 4) is 0 Å². The molecule has 4 rings (SSSR count). The Bertz CT molecular complexity index is 929. The number of thioether (sulfide) groups is 1. The maximum absolute atomic E-state index is 12.9. The number of carbonyl (C=O) groups excluding carboxylic acids is 2. The Morgan fingerprint density at radius 2 is 1.87 bits per heavy atom. The molecular formula is C20H28N4O4S2. The first-order valence-electron chi connectivity index (χ1n) is 10.3. The molecule has 1 aromatic carbocycles. The van der Waals surface area contributed by atoms with Crippen molar-refractivity contribution in [1.82, 2.24) is 14.1 Å². The minimum atomic E-state index is -3.54. The number of carbonyl (C=O) groups is 2. The van der Waals surface area contributed by atoms with E-state index in [1.807, 2.05) is 6.92 Å². The van der Waals surface area contributed by atoms with Crippen molar-refractivity contribution in [2.24, 2.45) is 0 Å². The average molecular weight is 453 g/mol. The Morgan fingerprint density at radius 3 is 2.50 bits per heavy atom. The van der Waals surface area contributed by atoms with Crippen LogP contribution in [0.3, 0.4) is 0 Å². The van der Waals surface area contributed by atoms with E-state index in [1.54, 1.807) is 28.8 Å². The number of nitrogens with one attached hydrogen (secondary N) is 1. The lowest BCUT2D eigenvalue weighted by atomic mass is 10.2. The van der Waals surface area contributed by atoms with E-state index in [1.165, 1.54) is 16.4 Å². The molecule has 3 heterocycles. The molecule has 2 unspecified atom stereocenters. The summed E-state index contributed by atoms with van der Waals surface area (Å²) in [6, 6.07) is 5.80. The van der Waals surface area contributed by atoms with Crippen LogP contribution in [0.2, 0.25) is 0 Å². The maximum Gasteiger partial charge on any atom is 0.248 e. The number of sulfonamides is 1. The molecule has 0 bridgehead atoms. The highest BCUT2D eigenvalue weighted by Gasteiger charge is 2.52. The van der Waals surface area contributed by atoms with Gasteiger partial charge >= 0.3 is 0 Å². The highest BCUT2D eigenvalue weighted by atomic mass is 32.2. The molecule has 3 aliphatic rings. The Hall–Kier alpha value is -1.62. The number of hydrogen-bond donors (Lipinski definition) is 1. The Kier molecular flexibility index (Phi) is 5.86. The highest BCUT2D eigenvalue weighted by molar-refractivity contribution is 8.01. The van der Waals surface area contributed by atoms with Gasteiger partial charge in [0, 0.05) is 44.0 Å². The molecular weight excluding hydrogens is 424 g/mol. The smallest absolute Gasteiger partial charge is 0.248 e. The number of rotatable bonds is 5. The number of piperazine rings is 1. The predicted molar refractivity (Wildman–Crippen MR) is 117 cm³/mol. The summed E-state index contributed by atoms with van der Waals surface area (Å²) in [6.45, 7) is 7.43. The molecule has 30 heavy (non-hydrogen) atoms. The number of benzene rings is 1. The molecule has 8 nitrogen and oxygen atoms in total. The van der Waals surface area contributed by atoms with Crippen molar-refractivity contribution in [2.45, 2.75) is 42.5 Å². The zero-order valence-corrected chi connectivity index (χ0v) is 19.0. The van der Waals surface area contributed by atoms with Crippen LogP contribution in [0.5, 0.6) is 0 Å². The zero-order chi connectivity index (χ0) is 21.5. The number of hydrogen-bond acceptors (Lipinski definition) is 6. The fourth-order valence-electron chi connectivity index (χ4n) is 4.39. The summed E-state index contributed by atoms with van der Waals surface area (Å²) >= 11 is 1.65. The molecule has 0 radical (unpaired) electrons. The van der Waals surface area contributed by atoms with Crippen molar-refractivity contribution in [3.05, 3.63) is 24.3 Å². The molecule has 0 aliphatic carbocycles. The molecule has 164 valence electrons. The first kappa shape index (κ1) is 21.6. The van der Waals surface area contributed by atoms with Gasteiger partial charge in [0.2, 0.25) is 21.8 Å². The number of amides is 2. The second-order valence-corrected chi connectivity index (χ2v) is 11.6. The molecule has 0 saturated carbocycles. The summed E-state index contributed by atoms with van der Waals surface area (Å²) in [5.74, 6) is 0.365. The SMILES string of the molecule is CCN1CCN(S(=O)(=O)c2ccc(NC(=O)C3CSC4(C)CCC(=O)N34)cc2)CC1. The highest BCUT2D eigenvalue weighted by Crippen LogP contribution is 2.47. The van der Waals surface area contributed by atoms with Crippen LogP contribution in [0.15, 0.2) is 29.2 Å². The minimum absolute atomic E-state index is 0.0206. The fraction of sp³-hybridized carbons (Fsp3) is 0.600. The maximum atomic E-state index is 12.9. The lowest BCUT2D eigenvalue weighted by molar-refractivity contribution is -0.135. The van der Waals surface area contributed by atoms with E-state index in [4.69, 9.17) is 0 Å². The number of fused-ring (bicyclic) bond motifs is 1. The van der Waals surface area contributed by atoms with E-state index in [9.17, 15) is 18.0 Å². The van der Waals surface area contributed by atoms with Crippen LogP contribution >= 0.6 is 11.8 Å². The summed E-state index contributed by atoms with van der Waals surface area (Å²) in [7, 11) is -3.54. The average Bonchev–Trinajstić information content (AvgIpc) is 3.24. The van der Waals surface area contributed by atoms with Gasteiger partial charge < -0.3 is 15.1 Å². The van der Waals surface area contributed by atoms with E-state index in [0.717, 1.165) is 26.1 Å². The van der Waals surface area contributed by atoms with Crippen molar-refractivity contribution in [2.75, 3.05) is 43.8 Å². The first-order valence-corrected chi connectivity index (χ1v) is 12.8. The first-order chi connectivity index (χ1) is 14.2. The summed E-state index contributed by atoms with van der Waals surface area (Å²) in [4.78, 5) is 28.9. The molecule has 3 saturated heterocycles. The van der Waals surface area contributed by atoms with Gasteiger partial charge in [-0.05, 0) is 44.2 Å². The molecule has 1 N–H and O–H groups in total. The Morgan fingerprint density at radius 1 is 1.20 bits per heavy atom. The van der Waals surface area contributed by atoms with Gasteiger partial charge in [-0.2, -0.15) is 4.31 Å². The topological polar surface area (TPSA) is 90.0 Å². The van der Waals surface area contributed by atoms with E-state index in [-0.39, 0.29) is 21.6 Å². The molecule has 2 atom stereocenters. The van der Waals surface area contributed by atoms with Crippen LogP contribution in [-0.4, -0.2) is 83.7 Å². The third kappa shape index (κ3) is 3.86. The number of anilines is 1. The standard InChI is InChI=1S/C20H28N4O4S2/c1-3-22-10-12-23(13-11-22)30(27,28)16-6-4-15(5-7-16)21-19(26)17-14-29-20(2)9-8-18(25)24(17)20/h4-7,17H,3,8-14H2,1-2H3,(H,21,26). The monoisotopic (exact) mass is 452 g/mol. The van der Waals surface area contributed by atoms with Gasteiger partial charge in [0.05, 0.1) is 9.77 Å². The van der Waals surface area contributed by atoms with Crippen LogP contribution in [-0.2, 0) is 19.6 Å². The van der Waals surface area contributed by atoms with Crippen LogP contribution < -0.4 is 5.32 Å². The lowest BCUT2D eigenvalue weighted by Gasteiger charge is -2.33. The number of likely N-dealkylation sites (N-methyl/N-ethyl adjacent to an activating group) is 1. The van der Waals surface area contributed by atoms with E-state index in [2.05, 4.69) is 17.1 Å². The van der Waals surface area contributed by atoms with Crippen LogP contribution in [0.4, 0.5) is 5.69 Å². The van der Waals surface area contributed by atoms with Gasteiger partial charge in [-0.15, -0.1) is 11.8 Å². The third-order valence-corrected chi connectivity index (χ3v) is 9.70. The van der Waals surface area contributed by atoms with Crippen molar-refractivity contribution in [1.29, 1.82) is 0 Å². The summed E-state index contributed by atoms with van der Waals surface area (Å²) < 4.78 is 27.3. The zero-order valence-electron chi connectivity index (χ0n) is 17.3. The molecule has 1 aromatic rings. The molecule has 3 fully saturated rings. The Balaban J connectivity index is 1.41. The van der Waals surface area contributed by atoms with Crippen LogP contribution in [0.25, 0.3) is 0 Å². The summed E-state index contributed by atoms with van der Waals surface area (Å²) in [6.07, 6.45) is 1.24. The molecule has 2 amide bonds. The fourth-order valence-corrected chi connectivity index (χ4v) is 7.24. The van der Waals surface area contributed by atoms with Crippen molar-refractivity contribution >= 4 is 39.3 Å². The molecule has 10 heteroatoms. The second-order valence-electron chi connectivity index (χ2n) is 8.12. The van der Waals surface area contributed by atoms with Gasteiger partial charge in [-0.1, -0.05) is 6.92 Å². The predicted octanol–water partition coefficient (Wildman–Crippen LogP) is 1.41. The normalized spacial score (nSPS) is 28.0. The molecule has 0 aromatic heterocycles. The number of nitrogens with zero attached hydrogens (tertiary/aromatic N) is 3. The van der Waals surface area contributed by atoms with Gasteiger partial charge in [0.15, 0.2) is 0 Å². The molecule has 0 spiro atoms. The van der Waals surface area contributed by atoms with Crippen LogP contribution in [0, 0.1) is 0 Å². The van der Waals surface area contributed by atoms with Crippen molar-refractivity contribution < 1.29 is 18.0 Å². The van der Waals surface area contributed by atoms with Gasteiger partial charge in [0.25, 0.3) is 0 Å². The third-order valence-electron chi connectivity index (χ3n) is 6.29. The van der Waals surface area contributed by atoms with Gasteiger partial charge in [-0.3, -0.25) is 9.59 Å². The van der Waals surface area contributed by atoms with Gasteiger partial charge in [-0.25, -0.2) is 8.42 Å². The largest absolute Gasteiger partial charge is 0.324 e. The lowest BCUT2D eigenvalue weighted by Crippen LogP contribution is -2.48. The second kappa shape index (κ2) is 8.14. The van der Waals surface area contributed by atoms with E-state index < -0.39 is 16.1 Å². The quantitative estimate of drug-likeness (QED) is 0.727. The Labute approximate surface area is 182 Å².